The molecule has 4 heteroatoms. The van der Waals surface area contributed by atoms with E-state index in [1.165, 1.54) is 6.33 Å². The van der Waals surface area contributed by atoms with Gasteiger partial charge in [0.1, 0.15) is 5.75 Å². The third-order valence-electron chi connectivity index (χ3n) is 2.83. The number of nitrogens with zero attached hydrogens (tertiary/aromatic N) is 1. The number of rotatable bonds is 3. The minimum atomic E-state index is -0.0964. The van der Waals surface area contributed by atoms with E-state index in [0.717, 1.165) is 11.3 Å². The standard InChI is InChI=1S/C14H16N2O2/c1-9(2)12-13(15-8-16-14(12)17)10-6-4-5-7-11(10)18-3/h4-9H,1-3H3,(H,15,16,17). The fourth-order valence-corrected chi connectivity index (χ4v) is 2.00. The maximum absolute atomic E-state index is 11.9. The van der Waals surface area contributed by atoms with Gasteiger partial charge in [-0.3, -0.25) is 4.79 Å². The van der Waals surface area contributed by atoms with Crippen molar-refractivity contribution in [1.29, 1.82) is 0 Å². The van der Waals surface area contributed by atoms with Crippen LogP contribution in [0.3, 0.4) is 0 Å². The van der Waals surface area contributed by atoms with Crippen molar-refractivity contribution in [2.45, 2.75) is 19.8 Å². The normalized spacial score (nSPS) is 10.7. The van der Waals surface area contributed by atoms with Gasteiger partial charge in [-0.15, -0.1) is 0 Å². The molecule has 1 N–H and O–H groups in total. The summed E-state index contributed by atoms with van der Waals surface area (Å²) >= 11 is 0. The Morgan fingerprint density at radius 3 is 2.67 bits per heavy atom. The quantitative estimate of drug-likeness (QED) is 0.902. The second kappa shape index (κ2) is 5.04. The molecule has 0 aliphatic rings. The van der Waals surface area contributed by atoms with Crippen LogP contribution < -0.4 is 10.3 Å². The number of aromatic nitrogens is 2. The molecule has 0 amide bonds. The van der Waals surface area contributed by atoms with Gasteiger partial charge in [-0.05, 0) is 18.1 Å². The Balaban J connectivity index is 2.71. The van der Waals surface area contributed by atoms with Crippen molar-refractivity contribution < 1.29 is 4.74 Å². The Morgan fingerprint density at radius 1 is 1.28 bits per heavy atom. The number of methoxy groups -OCH3 is 1. The van der Waals surface area contributed by atoms with E-state index in [1.807, 2.05) is 38.1 Å². The zero-order valence-electron chi connectivity index (χ0n) is 10.7. The van der Waals surface area contributed by atoms with Gasteiger partial charge < -0.3 is 9.72 Å². The highest BCUT2D eigenvalue weighted by Gasteiger charge is 2.16. The zero-order chi connectivity index (χ0) is 13.1. The van der Waals surface area contributed by atoms with E-state index in [2.05, 4.69) is 9.97 Å². The first-order valence-electron chi connectivity index (χ1n) is 5.86. The average Bonchev–Trinajstić information content (AvgIpc) is 2.38. The minimum Gasteiger partial charge on any atom is -0.496 e. The monoisotopic (exact) mass is 244 g/mol. The van der Waals surface area contributed by atoms with Crippen molar-refractivity contribution >= 4 is 0 Å². The van der Waals surface area contributed by atoms with Gasteiger partial charge in [0.2, 0.25) is 0 Å². The van der Waals surface area contributed by atoms with Crippen LogP contribution in [0.4, 0.5) is 0 Å². The largest absolute Gasteiger partial charge is 0.496 e. The van der Waals surface area contributed by atoms with Gasteiger partial charge in [0.25, 0.3) is 5.56 Å². The molecular formula is C14H16N2O2. The fourth-order valence-electron chi connectivity index (χ4n) is 2.00. The van der Waals surface area contributed by atoms with Crippen LogP contribution in [0, 0.1) is 0 Å². The second-order valence-electron chi connectivity index (χ2n) is 4.35. The van der Waals surface area contributed by atoms with E-state index in [-0.39, 0.29) is 11.5 Å². The zero-order valence-corrected chi connectivity index (χ0v) is 10.7. The molecule has 4 nitrogen and oxygen atoms in total. The van der Waals surface area contributed by atoms with Gasteiger partial charge in [-0.1, -0.05) is 26.0 Å². The molecule has 0 saturated carbocycles. The summed E-state index contributed by atoms with van der Waals surface area (Å²) < 4.78 is 5.32. The molecule has 0 aliphatic heterocycles. The highest BCUT2D eigenvalue weighted by Crippen LogP contribution is 2.31. The van der Waals surface area contributed by atoms with E-state index >= 15 is 0 Å². The number of aromatic amines is 1. The summed E-state index contributed by atoms with van der Waals surface area (Å²) in [6, 6.07) is 7.57. The van der Waals surface area contributed by atoms with Crippen LogP contribution in [-0.4, -0.2) is 17.1 Å². The molecule has 1 heterocycles. The number of benzene rings is 1. The van der Waals surface area contributed by atoms with Crippen molar-refractivity contribution in [2.75, 3.05) is 7.11 Å². The van der Waals surface area contributed by atoms with E-state index in [1.54, 1.807) is 7.11 Å². The first-order chi connectivity index (χ1) is 8.65. The molecule has 1 aromatic carbocycles. The van der Waals surface area contributed by atoms with Crippen LogP contribution in [0.2, 0.25) is 0 Å². The lowest BCUT2D eigenvalue weighted by molar-refractivity contribution is 0.416. The molecule has 0 radical (unpaired) electrons. The van der Waals surface area contributed by atoms with Gasteiger partial charge in [0, 0.05) is 11.1 Å². The Kier molecular flexibility index (Phi) is 3.46. The topological polar surface area (TPSA) is 55.0 Å². The summed E-state index contributed by atoms with van der Waals surface area (Å²) in [5.74, 6) is 0.819. The van der Waals surface area contributed by atoms with E-state index in [9.17, 15) is 4.79 Å². The van der Waals surface area contributed by atoms with Crippen molar-refractivity contribution in [2.24, 2.45) is 0 Å². The van der Waals surface area contributed by atoms with E-state index < -0.39 is 0 Å². The summed E-state index contributed by atoms with van der Waals surface area (Å²) in [5.41, 5.74) is 2.11. The molecule has 2 aromatic rings. The molecule has 0 fully saturated rings. The van der Waals surface area contributed by atoms with Gasteiger partial charge in [0.05, 0.1) is 19.1 Å². The molecule has 2 rings (SSSR count). The molecule has 0 saturated heterocycles. The summed E-state index contributed by atoms with van der Waals surface area (Å²) in [6.45, 7) is 3.95. The van der Waals surface area contributed by atoms with Crippen LogP contribution in [0.1, 0.15) is 25.3 Å². The number of nitrogens with one attached hydrogen (secondary N) is 1. The maximum Gasteiger partial charge on any atom is 0.254 e. The van der Waals surface area contributed by atoms with Gasteiger partial charge in [-0.2, -0.15) is 0 Å². The van der Waals surface area contributed by atoms with Crippen LogP contribution in [0.25, 0.3) is 11.3 Å². The lowest BCUT2D eigenvalue weighted by atomic mass is 9.98. The van der Waals surface area contributed by atoms with Crippen molar-refractivity contribution in [1.82, 2.24) is 9.97 Å². The van der Waals surface area contributed by atoms with Crippen LogP contribution in [0.5, 0.6) is 5.75 Å². The molecule has 0 aliphatic carbocycles. The molecular weight excluding hydrogens is 228 g/mol. The highest BCUT2D eigenvalue weighted by atomic mass is 16.5. The van der Waals surface area contributed by atoms with Gasteiger partial charge in [0.15, 0.2) is 0 Å². The number of para-hydroxylation sites is 1. The van der Waals surface area contributed by atoms with Crippen LogP contribution in [0.15, 0.2) is 35.4 Å². The van der Waals surface area contributed by atoms with Gasteiger partial charge >= 0.3 is 0 Å². The Morgan fingerprint density at radius 2 is 2.00 bits per heavy atom. The van der Waals surface area contributed by atoms with E-state index in [4.69, 9.17) is 4.74 Å². The summed E-state index contributed by atoms with van der Waals surface area (Å²) in [4.78, 5) is 18.8. The molecule has 1 aromatic heterocycles. The summed E-state index contributed by atoms with van der Waals surface area (Å²) in [7, 11) is 1.61. The van der Waals surface area contributed by atoms with Gasteiger partial charge in [-0.25, -0.2) is 4.98 Å². The summed E-state index contributed by atoms with van der Waals surface area (Å²) in [6.07, 6.45) is 1.43. The lowest BCUT2D eigenvalue weighted by Crippen LogP contribution is -2.16. The van der Waals surface area contributed by atoms with Crippen LogP contribution in [-0.2, 0) is 0 Å². The highest BCUT2D eigenvalue weighted by molar-refractivity contribution is 5.69. The first-order valence-corrected chi connectivity index (χ1v) is 5.86. The third kappa shape index (κ3) is 2.14. The SMILES string of the molecule is COc1ccccc1-c1nc[nH]c(=O)c1C(C)C. The van der Waals surface area contributed by atoms with Crippen molar-refractivity contribution in [3.05, 3.63) is 46.5 Å². The summed E-state index contributed by atoms with van der Waals surface area (Å²) in [5, 5.41) is 0. The van der Waals surface area contributed by atoms with Crippen LogP contribution >= 0.6 is 0 Å². The number of hydrogen-bond acceptors (Lipinski definition) is 3. The molecule has 0 atom stereocenters. The Labute approximate surface area is 106 Å². The molecule has 0 unspecified atom stereocenters. The molecule has 0 spiro atoms. The molecule has 0 bridgehead atoms. The van der Waals surface area contributed by atoms with Crippen molar-refractivity contribution in [3.63, 3.8) is 0 Å². The predicted molar refractivity (Wildman–Crippen MR) is 70.9 cm³/mol. The lowest BCUT2D eigenvalue weighted by Gasteiger charge is -2.12. The molecule has 94 valence electrons. The second-order valence-corrected chi connectivity index (χ2v) is 4.35. The predicted octanol–water partition coefficient (Wildman–Crippen LogP) is 2.57. The first kappa shape index (κ1) is 12.4. The number of H-pyrrole nitrogens is 1. The molecule has 18 heavy (non-hydrogen) atoms. The maximum atomic E-state index is 11.9. The number of hydrogen-bond donors (Lipinski definition) is 1. The number of ether oxygens (including phenoxy) is 1. The minimum absolute atomic E-state index is 0.0964. The Bertz CT molecular complexity index is 603. The Hall–Kier alpha value is -2.10. The average molecular weight is 244 g/mol. The smallest absolute Gasteiger partial charge is 0.254 e. The fraction of sp³-hybridized carbons (Fsp3) is 0.286. The van der Waals surface area contributed by atoms with Crippen molar-refractivity contribution in [3.8, 4) is 17.0 Å². The van der Waals surface area contributed by atoms with E-state index in [0.29, 0.717) is 11.3 Å². The third-order valence-corrected chi connectivity index (χ3v) is 2.83.